The van der Waals surface area contributed by atoms with Gasteiger partial charge < -0.3 is 0 Å². The Hall–Kier alpha value is 0.290. The molecule has 1 aliphatic carbocycles. The van der Waals surface area contributed by atoms with Crippen LogP contribution in [0.2, 0.25) is 0 Å². The molecule has 2 atom stereocenters. The number of rotatable bonds is 0. The third-order valence-electron chi connectivity index (χ3n) is 1.61. The largest absolute Gasteiger partial charge is 0.122 e. The van der Waals surface area contributed by atoms with Crippen LogP contribution in [0.5, 0.6) is 0 Å². The molecule has 41 valence electrons. The van der Waals surface area contributed by atoms with Crippen LogP contribution >= 0.6 is 11.6 Å². The van der Waals surface area contributed by atoms with Gasteiger partial charge in [0.15, 0.2) is 0 Å². The van der Waals surface area contributed by atoms with Gasteiger partial charge in [0, 0.05) is 5.38 Å². The lowest BCUT2D eigenvalue weighted by molar-refractivity contribution is 0.361. The number of alkyl halides is 1. The van der Waals surface area contributed by atoms with E-state index in [9.17, 15) is 0 Å². The van der Waals surface area contributed by atoms with Crippen LogP contribution in [0.15, 0.2) is 0 Å². The van der Waals surface area contributed by atoms with Crippen LogP contribution in [0.4, 0.5) is 0 Å². The maximum absolute atomic E-state index is 5.82. The fourth-order valence-corrected chi connectivity index (χ4v) is 1.19. The molecule has 0 aromatic heterocycles. The summed E-state index contributed by atoms with van der Waals surface area (Å²) in [4.78, 5) is 0. The van der Waals surface area contributed by atoms with Gasteiger partial charge in [-0.05, 0) is 18.3 Å². The second kappa shape index (κ2) is 1.66. The quantitative estimate of drug-likeness (QED) is 0.426. The minimum atomic E-state index is 0.417. The maximum atomic E-state index is 5.82. The van der Waals surface area contributed by atoms with Gasteiger partial charge in [0.25, 0.3) is 0 Å². The molecule has 1 radical (unpaired) electrons. The van der Waals surface area contributed by atoms with Gasteiger partial charge in [-0.25, -0.2) is 0 Å². The lowest BCUT2D eigenvalue weighted by atomic mass is 9.77. The fraction of sp³-hybridized carbons (Fsp3) is 0.833. The van der Waals surface area contributed by atoms with E-state index >= 15 is 0 Å². The summed E-state index contributed by atoms with van der Waals surface area (Å²) in [6.45, 7) is 4.30. The smallest absolute Gasteiger partial charge is 0.0392 e. The highest BCUT2D eigenvalue weighted by Gasteiger charge is 2.32. The van der Waals surface area contributed by atoms with E-state index in [4.69, 9.17) is 11.6 Å². The molecular weight excluding hydrogens is 108 g/mol. The lowest BCUT2D eigenvalue weighted by Gasteiger charge is -2.35. The lowest BCUT2D eigenvalue weighted by Crippen LogP contribution is -2.34. The highest BCUT2D eigenvalue weighted by Crippen LogP contribution is 2.36. The summed E-state index contributed by atoms with van der Waals surface area (Å²) >= 11 is 5.82. The van der Waals surface area contributed by atoms with E-state index < -0.39 is 0 Å². The van der Waals surface area contributed by atoms with Crippen LogP contribution in [0, 0.1) is 18.3 Å². The predicted molar refractivity (Wildman–Crippen MR) is 32.3 cm³/mol. The molecule has 0 N–H and O–H groups in total. The van der Waals surface area contributed by atoms with Crippen molar-refractivity contribution in [2.75, 3.05) is 0 Å². The first-order chi connectivity index (χ1) is 3.22. The molecule has 0 saturated heterocycles. The van der Waals surface area contributed by atoms with E-state index in [0.717, 1.165) is 0 Å². The molecule has 0 spiro atoms. The first kappa shape index (κ1) is 5.43. The molecule has 7 heavy (non-hydrogen) atoms. The van der Waals surface area contributed by atoms with Gasteiger partial charge in [0.2, 0.25) is 0 Å². The summed E-state index contributed by atoms with van der Waals surface area (Å²) < 4.78 is 0. The molecule has 0 nitrogen and oxygen atoms in total. The van der Waals surface area contributed by atoms with Crippen LogP contribution in [-0.2, 0) is 0 Å². The Morgan fingerprint density at radius 2 is 1.71 bits per heavy atom. The van der Waals surface area contributed by atoms with E-state index in [1.807, 2.05) is 0 Å². The molecule has 0 heterocycles. The minimum Gasteiger partial charge on any atom is -0.122 e. The molecular formula is C6H10Cl. The Morgan fingerprint density at radius 1 is 1.29 bits per heavy atom. The highest BCUT2D eigenvalue weighted by molar-refractivity contribution is 6.21. The molecule has 1 rings (SSSR count). The third-order valence-corrected chi connectivity index (χ3v) is 2.41. The van der Waals surface area contributed by atoms with Crippen LogP contribution in [0.25, 0.3) is 0 Å². The van der Waals surface area contributed by atoms with Gasteiger partial charge in [-0.15, -0.1) is 11.6 Å². The van der Waals surface area contributed by atoms with E-state index in [1.54, 1.807) is 0 Å². The summed E-state index contributed by atoms with van der Waals surface area (Å²) in [6.07, 6.45) is 2.28. The van der Waals surface area contributed by atoms with Crippen molar-refractivity contribution in [2.24, 2.45) is 11.8 Å². The Morgan fingerprint density at radius 3 is 1.71 bits per heavy atom. The zero-order valence-corrected chi connectivity index (χ0v) is 5.44. The Balaban J connectivity index is 2.29. The summed E-state index contributed by atoms with van der Waals surface area (Å²) in [5, 5.41) is 0.417. The normalized spacial score (nSPS) is 51.0. The van der Waals surface area contributed by atoms with Crippen LogP contribution < -0.4 is 0 Å². The molecule has 1 heteroatoms. The first-order valence-corrected chi connectivity index (χ1v) is 3.14. The minimum absolute atomic E-state index is 0.417. The van der Waals surface area contributed by atoms with Crippen molar-refractivity contribution < 1.29 is 0 Å². The van der Waals surface area contributed by atoms with E-state index in [0.29, 0.717) is 17.2 Å². The Bertz CT molecular complexity index is 62.6. The maximum Gasteiger partial charge on any atom is 0.0392 e. The average Bonchev–Trinajstić information content (AvgIpc) is 1.68. The SMILES string of the molecule is CC1[CH]C(C)C1Cl. The van der Waals surface area contributed by atoms with E-state index in [2.05, 4.69) is 20.3 Å². The second-order valence-corrected chi connectivity index (χ2v) is 2.86. The Kier molecular flexibility index (Phi) is 1.29. The van der Waals surface area contributed by atoms with E-state index in [1.165, 1.54) is 0 Å². The van der Waals surface area contributed by atoms with Crippen LogP contribution in [0.1, 0.15) is 13.8 Å². The topological polar surface area (TPSA) is 0 Å². The standard InChI is InChI=1S/C6H10Cl/c1-4-3-5(2)6(4)7/h3-6H,1-2H3. The second-order valence-electron chi connectivity index (χ2n) is 2.36. The zero-order valence-electron chi connectivity index (χ0n) is 4.69. The molecule has 1 saturated carbocycles. The van der Waals surface area contributed by atoms with Crippen LogP contribution in [-0.4, -0.2) is 5.38 Å². The van der Waals surface area contributed by atoms with Crippen molar-refractivity contribution >= 4 is 11.6 Å². The zero-order chi connectivity index (χ0) is 5.44. The number of hydrogen-bond donors (Lipinski definition) is 0. The molecule has 0 aromatic rings. The van der Waals surface area contributed by atoms with Gasteiger partial charge >= 0.3 is 0 Å². The summed E-state index contributed by atoms with van der Waals surface area (Å²) in [5.41, 5.74) is 0. The highest BCUT2D eigenvalue weighted by atomic mass is 35.5. The van der Waals surface area contributed by atoms with Gasteiger partial charge in [-0.2, -0.15) is 0 Å². The van der Waals surface area contributed by atoms with Gasteiger partial charge in [0.1, 0.15) is 0 Å². The molecule has 0 aliphatic heterocycles. The van der Waals surface area contributed by atoms with Crippen molar-refractivity contribution in [3.8, 4) is 0 Å². The third kappa shape index (κ3) is 0.766. The average molecular weight is 118 g/mol. The molecule has 0 amide bonds. The van der Waals surface area contributed by atoms with Crippen molar-refractivity contribution in [3.63, 3.8) is 0 Å². The van der Waals surface area contributed by atoms with Gasteiger partial charge in [-0.1, -0.05) is 13.8 Å². The van der Waals surface area contributed by atoms with E-state index in [-0.39, 0.29) is 0 Å². The molecule has 2 unspecified atom stereocenters. The van der Waals surface area contributed by atoms with Gasteiger partial charge in [0.05, 0.1) is 0 Å². The van der Waals surface area contributed by atoms with Crippen molar-refractivity contribution in [3.05, 3.63) is 6.42 Å². The van der Waals surface area contributed by atoms with Crippen molar-refractivity contribution in [2.45, 2.75) is 19.2 Å². The van der Waals surface area contributed by atoms with Crippen molar-refractivity contribution in [1.29, 1.82) is 0 Å². The molecule has 0 aromatic carbocycles. The monoisotopic (exact) mass is 117 g/mol. The fourth-order valence-electron chi connectivity index (χ4n) is 1.02. The van der Waals surface area contributed by atoms with Crippen molar-refractivity contribution in [1.82, 2.24) is 0 Å². The molecule has 1 fully saturated rings. The number of halogens is 1. The van der Waals surface area contributed by atoms with Crippen LogP contribution in [0.3, 0.4) is 0 Å². The Labute approximate surface area is 49.9 Å². The summed E-state index contributed by atoms with van der Waals surface area (Å²) in [5.74, 6) is 1.30. The van der Waals surface area contributed by atoms with Gasteiger partial charge in [-0.3, -0.25) is 0 Å². The summed E-state index contributed by atoms with van der Waals surface area (Å²) in [7, 11) is 0. The molecule has 0 bridgehead atoms. The number of hydrogen-bond acceptors (Lipinski definition) is 0. The summed E-state index contributed by atoms with van der Waals surface area (Å²) in [6, 6.07) is 0. The first-order valence-electron chi connectivity index (χ1n) is 2.71. The predicted octanol–water partition coefficient (Wildman–Crippen LogP) is 2.08. The molecule has 1 aliphatic rings.